The molecule has 1 atom stereocenters. The van der Waals surface area contributed by atoms with Gasteiger partial charge in [-0.05, 0) is 37.6 Å². The summed E-state index contributed by atoms with van der Waals surface area (Å²) in [7, 11) is 1.80. The smallest absolute Gasteiger partial charge is 0.260 e. The summed E-state index contributed by atoms with van der Waals surface area (Å²) < 4.78 is 19.5. The van der Waals surface area contributed by atoms with Gasteiger partial charge in [-0.25, -0.2) is 4.39 Å². The Labute approximate surface area is 170 Å². The molecule has 0 aliphatic carbocycles. The molecule has 9 heteroatoms. The summed E-state index contributed by atoms with van der Waals surface area (Å²) in [6.45, 7) is 3.73. The number of halogens is 1. The Hall–Kier alpha value is -3.88. The largest absolute Gasteiger partial charge is 0.304 e. The van der Waals surface area contributed by atoms with Crippen molar-refractivity contribution in [3.63, 3.8) is 0 Å². The van der Waals surface area contributed by atoms with E-state index < -0.39 is 11.9 Å². The van der Waals surface area contributed by atoms with Gasteiger partial charge in [-0.2, -0.15) is 5.10 Å². The SMILES string of the molecule is Cc1cnc2ccn([C@@H](C)c3nnc4c(F)cc(-c5cnn(C)c5)cn34)c(=O)c2c1. The van der Waals surface area contributed by atoms with Crippen LogP contribution in [0.5, 0.6) is 0 Å². The topological polar surface area (TPSA) is 82.9 Å². The monoisotopic (exact) mass is 403 g/mol. The van der Waals surface area contributed by atoms with Crippen molar-refractivity contribution >= 4 is 16.6 Å². The van der Waals surface area contributed by atoms with Crippen LogP contribution in [0.4, 0.5) is 4.39 Å². The molecule has 0 fully saturated rings. The van der Waals surface area contributed by atoms with E-state index in [0.717, 1.165) is 11.1 Å². The van der Waals surface area contributed by atoms with Crippen molar-refractivity contribution in [1.29, 1.82) is 0 Å². The van der Waals surface area contributed by atoms with Crippen molar-refractivity contribution in [3.05, 3.63) is 76.7 Å². The molecule has 5 rings (SSSR count). The third-order valence-electron chi connectivity index (χ3n) is 5.23. The van der Waals surface area contributed by atoms with Crippen LogP contribution in [0, 0.1) is 12.7 Å². The number of hydrogen-bond donors (Lipinski definition) is 0. The summed E-state index contributed by atoms with van der Waals surface area (Å²) in [4.78, 5) is 17.4. The van der Waals surface area contributed by atoms with Crippen LogP contribution < -0.4 is 5.56 Å². The van der Waals surface area contributed by atoms with Gasteiger partial charge >= 0.3 is 0 Å². The van der Waals surface area contributed by atoms with E-state index in [1.807, 2.05) is 19.9 Å². The normalized spacial score (nSPS) is 12.7. The second kappa shape index (κ2) is 6.58. The average molecular weight is 403 g/mol. The van der Waals surface area contributed by atoms with E-state index in [4.69, 9.17) is 0 Å². The van der Waals surface area contributed by atoms with Gasteiger partial charge in [0.15, 0.2) is 17.3 Å². The van der Waals surface area contributed by atoms with Crippen molar-refractivity contribution < 1.29 is 4.39 Å². The summed E-state index contributed by atoms with van der Waals surface area (Å²) in [5.74, 6) is -0.0373. The molecule has 0 aliphatic rings. The van der Waals surface area contributed by atoms with Crippen LogP contribution in [-0.2, 0) is 7.05 Å². The molecule has 0 aliphatic heterocycles. The van der Waals surface area contributed by atoms with E-state index in [0.29, 0.717) is 22.3 Å². The molecule has 5 aromatic heterocycles. The molecule has 0 spiro atoms. The fourth-order valence-corrected chi connectivity index (χ4v) is 3.65. The maximum atomic E-state index is 14.7. The Bertz CT molecular complexity index is 1480. The van der Waals surface area contributed by atoms with E-state index in [-0.39, 0.29) is 11.2 Å². The lowest BCUT2D eigenvalue weighted by atomic mass is 10.1. The Balaban J connectivity index is 1.68. The molecule has 8 nitrogen and oxygen atoms in total. The first kappa shape index (κ1) is 18.2. The molecule has 150 valence electrons. The molecule has 0 amide bonds. The van der Waals surface area contributed by atoms with Crippen molar-refractivity contribution in [1.82, 2.24) is 33.9 Å². The van der Waals surface area contributed by atoms with Crippen LogP contribution in [0.2, 0.25) is 0 Å². The quantitative estimate of drug-likeness (QED) is 0.463. The molecule has 30 heavy (non-hydrogen) atoms. The number of aryl methyl sites for hydroxylation is 2. The predicted octanol–water partition coefficient (Wildman–Crippen LogP) is 2.90. The molecule has 0 radical (unpaired) electrons. The summed E-state index contributed by atoms with van der Waals surface area (Å²) in [6, 6.07) is 4.54. The molecule has 5 heterocycles. The average Bonchev–Trinajstić information content (AvgIpc) is 3.35. The number of pyridine rings is 3. The van der Waals surface area contributed by atoms with E-state index in [9.17, 15) is 9.18 Å². The van der Waals surface area contributed by atoms with Crippen molar-refractivity contribution in [2.45, 2.75) is 19.9 Å². The summed E-state index contributed by atoms with van der Waals surface area (Å²) >= 11 is 0. The first-order valence-corrected chi connectivity index (χ1v) is 9.43. The summed E-state index contributed by atoms with van der Waals surface area (Å²) in [5, 5.41) is 12.9. The first-order valence-electron chi connectivity index (χ1n) is 9.43. The minimum Gasteiger partial charge on any atom is -0.304 e. The van der Waals surface area contributed by atoms with Crippen LogP contribution in [0.15, 0.2) is 54.0 Å². The minimum absolute atomic E-state index is 0.107. The first-order chi connectivity index (χ1) is 14.4. The Morgan fingerprint density at radius 1 is 1.10 bits per heavy atom. The molecule has 0 saturated carbocycles. The molecule has 0 aromatic carbocycles. The zero-order chi connectivity index (χ0) is 21.0. The Morgan fingerprint density at radius 3 is 2.70 bits per heavy atom. The van der Waals surface area contributed by atoms with Crippen molar-refractivity contribution in [2.75, 3.05) is 0 Å². The van der Waals surface area contributed by atoms with E-state index >= 15 is 0 Å². The highest BCUT2D eigenvalue weighted by Gasteiger charge is 2.20. The summed E-state index contributed by atoms with van der Waals surface area (Å²) in [5.41, 5.74) is 2.88. The van der Waals surface area contributed by atoms with Crippen LogP contribution in [0.25, 0.3) is 27.7 Å². The number of hydrogen-bond acceptors (Lipinski definition) is 5. The van der Waals surface area contributed by atoms with Crippen LogP contribution in [-0.4, -0.2) is 33.9 Å². The fraction of sp³-hybridized carbons (Fsp3) is 0.190. The Kier molecular flexibility index (Phi) is 3.99. The molecule has 0 unspecified atom stereocenters. The maximum absolute atomic E-state index is 14.7. The van der Waals surface area contributed by atoms with Gasteiger partial charge in [0.2, 0.25) is 0 Å². The maximum Gasteiger partial charge on any atom is 0.260 e. The number of nitrogens with zero attached hydrogens (tertiary/aromatic N) is 7. The van der Waals surface area contributed by atoms with Gasteiger partial charge in [0.05, 0.1) is 23.1 Å². The van der Waals surface area contributed by atoms with E-state index in [1.54, 1.807) is 57.7 Å². The van der Waals surface area contributed by atoms with E-state index in [1.165, 1.54) is 6.07 Å². The highest BCUT2D eigenvalue weighted by atomic mass is 19.1. The number of rotatable bonds is 3. The molecular formula is C21H18FN7O. The standard InChI is InChI=1S/C21H18FN7O/c1-12-6-16-18(23-8-12)4-5-28(21(16)30)13(2)19-25-26-20-17(22)7-14(11-29(19)20)15-9-24-27(3)10-15/h4-11,13H,1-3H3/t13-/m0/s1. The van der Waals surface area contributed by atoms with Crippen molar-refractivity contribution in [2.24, 2.45) is 7.05 Å². The predicted molar refractivity (Wildman–Crippen MR) is 110 cm³/mol. The lowest BCUT2D eigenvalue weighted by molar-refractivity contribution is 0.575. The molecule has 5 aromatic rings. The fourth-order valence-electron chi connectivity index (χ4n) is 3.65. The molecular weight excluding hydrogens is 385 g/mol. The van der Waals surface area contributed by atoms with Gasteiger partial charge in [-0.1, -0.05) is 0 Å². The van der Waals surface area contributed by atoms with E-state index in [2.05, 4.69) is 20.3 Å². The Morgan fingerprint density at radius 2 is 1.93 bits per heavy atom. The van der Waals surface area contributed by atoms with Gasteiger partial charge in [-0.15, -0.1) is 10.2 Å². The van der Waals surface area contributed by atoms with Crippen LogP contribution in [0.3, 0.4) is 0 Å². The lowest BCUT2D eigenvalue weighted by Crippen LogP contribution is -2.25. The lowest BCUT2D eigenvalue weighted by Gasteiger charge is -2.15. The minimum atomic E-state index is -0.493. The van der Waals surface area contributed by atoms with Gasteiger partial charge in [0.1, 0.15) is 0 Å². The zero-order valence-electron chi connectivity index (χ0n) is 16.6. The van der Waals surface area contributed by atoms with Gasteiger partial charge in [0, 0.05) is 43.0 Å². The van der Waals surface area contributed by atoms with Gasteiger partial charge in [0.25, 0.3) is 5.56 Å². The molecule has 0 N–H and O–H groups in total. The molecule has 0 bridgehead atoms. The highest BCUT2D eigenvalue weighted by molar-refractivity contribution is 5.77. The second-order valence-corrected chi connectivity index (χ2v) is 7.38. The third-order valence-corrected chi connectivity index (χ3v) is 5.23. The highest BCUT2D eigenvalue weighted by Crippen LogP contribution is 2.24. The number of aromatic nitrogens is 7. The van der Waals surface area contributed by atoms with Crippen LogP contribution in [0.1, 0.15) is 24.4 Å². The third kappa shape index (κ3) is 2.78. The van der Waals surface area contributed by atoms with Gasteiger partial charge in [-0.3, -0.25) is 18.9 Å². The van der Waals surface area contributed by atoms with Crippen molar-refractivity contribution in [3.8, 4) is 11.1 Å². The molecule has 0 saturated heterocycles. The summed E-state index contributed by atoms with van der Waals surface area (Å²) in [6.07, 6.45) is 8.64. The van der Waals surface area contributed by atoms with Gasteiger partial charge < -0.3 is 4.57 Å². The zero-order valence-corrected chi connectivity index (χ0v) is 16.6. The second-order valence-electron chi connectivity index (χ2n) is 7.38. The number of fused-ring (bicyclic) bond motifs is 2. The van der Waals surface area contributed by atoms with Crippen LogP contribution >= 0.6 is 0 Å².